The quantitative estimate of drug-likeness (QED) is 0.515. The summed E-state index contributed by atoms with van der Waals surface area (Å²) in [6.07, 6.45) is 6.72. The molecule has 1 aliphatic rings. The van der Waals surface area contributed by atoms with Crippen molar-refractivity contribution in [1.29, 1.82) is 5.26 Å². The third-order valence-corrected chi connectivity index (χ3v) is 6.18. The molecule has 0 atom stereocenters. The molecule has 0 saturated heterocycles. The summed E-state index contributed by atoms with van der Waals surface area (Å²) >= 11 is 1.46. The summed E-state index contributed by atoms with van der Waals surface area (Å²) in [6.45, 7) is -0.413. The molecule has 2 heterocycles. The lowest BCUT2D eigenvalue weighted by molar-refractivity contribution is -0.147. The van der Waals surface area contributed by atoms with Gasteiger partial charge < -0.3 is 14.6 Å². The number of nitrogens with one attached hydrogen (secondary N) is 1. The molecule has 4 rings (SSSR count). The van der Waals surface area contributed by atoms with Crippen LogP contribution in [0.4, 0.5) is 5.00 Å². The molecule has 29 heavy (non-hydrogen) atoms. The molecule has 0 fully saturated rings. The van der Waals surface area contributed by atoms with Crippen LogP contribution in [0.5, 0.6) is 0 Å². The van der Waals surface area contributed by atoms with E-state index in [0.717, 1.165) is 48.7 Å². The van der Waals surface area contributed by atoms with Gasteiger partial charge in [0.1, 0.15) is 17.6 Å². The second kappa shape index (κ2) is 8.45. The molecule has 1 aromatic carbocycles. The summed E-state index contributed by atoms with van der Waals surface area (Å²) in [6, 6.07) is 9.70. The highest BCUT2D eigenvalue weighted by Crippen LogP contribution is 2.36. The number of rotatable bonds is 5. The lowest BCUT2D eigenvalue weighted by atomic mass is 10.1. The van der Waals surface area contributed by atoms with Gasteiger partial charge in [-0.1, -0.05) is 18.6 Å². The van der Waals surface area contributed by atoms with E-state index in [1.807, 2.05) is 24.3 Å². The maximum atomic E-state index is 12.3. The molecule has 1 N–H and O–H groups in total. The Kier molecular flexibility index (Phi) is 5.58. The summed E-state index contributed by atoms with van der Waals surface area (Å²) in [4.78, 5) is 29.8. The van der Waals surface area contributed by atoms with Crippen LogP contribution in [-0.4, -0.2) is 28.0 Å². The standard InChI is InChI=1S/C21H20N4O3S/c22-10-15-14-6-2-1-3-9-18(14)29-21(15)24-19(26)12-28-20(27)11-25-13-23-16-7-4-5-8-17(16)25/h4-5,7-8,13H,1-3,6,9,11-12H2,(H,24,26). The first-order valence-electron chi connectivity index (χ1n) is 9.55. The van der Waals surface area contributed by atoms with Crippen molar-refractivity contribution in [1.82, 2.24) is 9.55 Å². The van der Waals surface area contributed by atoms with E-state index in [1.165, 1.54) is 16.2 Å². The van der Waals surface area contributed by atoms with Crippen molar-refractivity contribution >= 4 is 39.2 Å². The van der Waals surface area contributed by atoms with Crippen molar-refractivity contribution in [2.45, 2.75) is 38.6 Å². The van der Waals surface area contributed by atoms with Gasteiger partial charge in [-0.05, 0) is 43.4 Å². The number of ether oxygens (including phenoxy) is 1. The number of hydrogen-bond acceptors (Lipinski definition) is 6. The van der Waals surface area contributed by atoms with Crippen LogP contribution in [-0.2, 0) is 33.7 Å². The van der Waals surface area contributed by atoms with Gasteiger partial charge in [0, 0.05) is 4.88 Å². The van der Waals surface area contributed by atoms with Gasteiger partial charge in [0.2, 0.25) is 0 Å². The number of imidazole rings is 1. The van der Waals surface area contributed by atoms with E-state index in [-0.39, 0.29) is 13.2 Å². The molecular weight excluding hydrogens is 388 g/mol. The van der Waals surface area contributed by atoms with Crippen LogP contribution in [0.3, 0.4) is 0 Å². The Bertz CT molecular complexity index is 1110. The highest BCUT2D eigenvalue weighted by atomic mass is 32.1. The van der Waals surface area contributed by atoms with E-state index in [2.05, 4.69) is 16.4 Å². The Balaban J connectivity index is 1.36. The predicted octanol–water partition coefficient (Wildman–Crippen LogP) is 3.42. The van der Waals surface area contributed by atoms with Crippen LogP contribution in [0, 0.1) is 11.3 Å². The second-order valence-electron chi connectivity index (χ2n) is 6.95. The molecule has 148 valence electrons. The Morgan fingerprint density at radius 1 is 1.24 bits per heavy atom. The summed E-state index contributed by atoms with van der Waals surface area (Å²) in [5.41, 5.74) is 3.23. The van der Waals surface area contributed by atoms with Crippen molar-refractivity contribution in [2.24, 2.45) is 0 Å². The van der Waals surface area contributed by atoms with E-state index in [1.54, 1.807) is 10.9 Å². The van der Waals surface area contributed by atoms with Gasteiger partial charge in [-0.25, -0.2) is 4.98 Å². The van der Waals surface area contributed by atoms with Crippen LogP contribution in [0.1, 0.15) is 35.3 Å². The Morgan fingerprint density at radius 3 is 2.93 bits per heavy atom. The van der Waals surface area contributed by atoms with Crippen molar-refractivity contribution in [3.8, 4) is 6.07 Å². The van der Waals surface area contributed by atoms with Crippen molar-refractivity contribution in [3.05, 3.63) is 46.6 Å². The number of hydrogen-bond donors (Lipinski definition) is 1. The largest absolute Gasteiger partial charge is 0.454 e. The zero-order chi connectivity index (χ0) is 20.2. The number of carbonyl (C=O) groups is 2. The molecular formula is C21H20N4O3S. The highest BCUT2D eigenvalue weighted by molar-refractivity contribution is 7.16. The van der Waals surface area contributed by atoms with E-state index < -0.39 is 11.9 Å². The first-order chi connectivity index (χ1) is 14.2. The molecule has 0 radical (unpaired) electrons. The molecule has 2 aromatic heterocycles. The number of aryl methyl sites for hydroxylation is 1. The minimum absolute atomic E-state index is 0.0233. The second-order valence-corrected chi connectivity index (χ2v) is 8.06. The van der Waals surface area contributed by atoms with Gasteiger partial charge in [0.25, 0.3) is 5.91 Å². The summed E-state index contributed by atoms with van der Waals surface area (Å²) in [5.74, 6) is -0.965. The molecule has 0 spiro atoms. The van der Waals surface area contributed by atoms with Gasteiger partial charge in [-0.2, -0.15) is 5.26 Å². The lowest BCUT2D eigenvalue weighted by Crippen LogP contribution is -2.22. The van der Waals surface area contributed by atoms with Crippen molar-refractivity contribution in [3.63, 3.8) is 0 Å². The fourth-order valence-electron chi connectivity index (χ4n) is 3.58. The number of fused-ring (bicyclic) bond motifs is 2. The fraction of sp³-hybridized carbons (Fsp3) is 0.333. The number of anilines is 1. The van der Waals surface area contributed by atoms with Gasteiger partial charge in [0.05, 0.1) is 22.9 Å². The maximum Gasteiger partial charge on any atom is 0.326 e. The van der Waals surface area contributed by atoms with Crippen molar-refractivity contribution in [2.75, 3.05) is 11.9 Å². The van der Waals surface area contributed by atoms with E-state index >= 15 is 0 Å². The molecule has 0 saturated carbocycles. The molecule has 1 amide bonds. The zero-order valence-electron chi connectivity index (χ0n) is 15.8. The molecule has 8 heteroatoms. The summed E-state index contributed by atoms with van der Waals surface area (Å²) in [7, 11) is 0. The third kappa shape index (κ3) is 4.15. The Labute approximate surface area is 171 Å². The minimum atomic E-state index is -0.522. The number of aromatic nitrogens is 2. The van der Waals surface area contributed by atoms with Crippen LogP contribution in [0.2, 0.25) is 0 Å². The van der Waals surface area contributed by atoms with Crippen LogP contribution >= 0.6 is 11.3 Å². The zero-order valence-corrected chi connectivity index (χ0v) is 16.6. The minimum Gasteiger partial charge on any atom is -0.454 e. The summed E-state index contributed by atoms with van der Waals surface area (Å²) < 4.78 is 6.80. The molecule has 0 bridgehead atoms. The predicted molar refractivity (Wildman–Crippen MR) is 110 cm³/mol. The number of benzene rings is 1. The number of thiophene rings is 1. The van der Waals surface area contributed by atoms with Crippen LogP contribution in [0.15, 0.2) is 30.6 Å². The average Bonchev–Trinajstić information content (AvgIpc) is 3.19. The van der Waals surface area contributed by atoms with E-state index in [0.29, 0.717) is 10.6 Å². The normalized spacial score (nSPS) is 13.3. The number of para-hydroxylation sites is 2. The van der Waals surface area contributed by atoms with Gasteiger partial charge in [0.15, 0.2) is 6.61 Å². The van der Waals surface area contributed by atoms with Gasteiger partial charge >= 0.3 is 5.97 Å². The van der Waals surface area contributed by atoms with Crippen molar-refractivity contribution < 1.29 is 14.3 Å². The number of nitrogens with zero attached hydrogens (tertiary/aromatic N) is 3. The third-order valence-electron chi connectivity index (χ3n) is 4.98. The van der Waals surface area contributed by atoms with Gasteiger partial charge in [-0.15, -0.1) is 11.3 Å². The number of amides is 1. The molecule has 7 nitrogen and oxygen atoms in total. The Morgan fingerprint density at radius 2 is 2.07 bits per heavy atom. The van der Waals surface area contributed by atoms with E-state index in [4.69, 9.17) is 4.74 Å². The SMILES string of the molecule is N#Cc1c(NC(=O)COC(=O)Cn2cnc3ccccc32)sc2c1CCCCC2. The topological polar surface area (TPSA) is 97.0 Å². The smallest absolute Gasteiger partial charge is 0.326 e. The monoisotopic (exact) mass is 408 g/mol. The first kappa shape index (κ1) is 19.2. The lowest BCUT2D eigenvalue weighted by Gasteiger charge is -2.07. The molecule has 0 aliphatic heterocycles. The number of esters is 1. The van der Waals surface area contributed by atoms with Gasteiger partial charge in [-0.3, -0.25) is 9.59 Å². The highest BCUT2D eigenvalue weighted by Gasteiger charge is 2.21. The van der Waals surface area contributed by atoms with Crippen LogP contribution < -0.4 is 5.32 Å². The van der Waals surface area contributed by atoms with Crippen LogP contribution in [0.25, 0.3) is 11.0 Å². The number of carbonyl (C=O) groups excluding carboxylic acids is 2. The first-order valence-corrected chi connectivity index (χ1v) is 10.4. The summed E-state index contributed by atoms with van der Waals surface area (Å²) in [5, 5.41) is 12.8. The fourth-order valence-corrected chi connectivity index (χ4v) is 4.83. The Hall–Kier alpha value is -3.18. The van der Waals surface area contributed by atoms with E-state index in [9.17, 15) is 14.9 Å². The average molecular weight is 408 g/mol. The molecule has 0 unspecified atom stereocenters. The number of nitriles is 1. The molecule has 1 aliphatic carbocycles. The maximum absolute atomic E-state index is 12.3. The molecule has 3 aromatic rings.